The molecule has 0 heterocycles. The fourth-order valence-corrected chi connectivity index (χ4v) is 1.66. The molecule has 1 unspecified atom stereocenters. The van der Waals surface area contributed by atoms with Crippen LogP contribution in [0.1, 0.15) is 43.4 Å². The van der Waals surface area contributed by atoms with Gasteiger partial charge in [0, 0.05) is 0 Å². The van der Waals surface area contributed by atoms with Gasteiger partial charge in [-0.2, -0.15) is 13.2 Å². The van der Waals surface area contributed by atoms with Crippen molar-refractivity contribution >= 4 is 0 Å². The monoisotopic (exact) mass is 245 g/mol. The molecule has 0 amide bonds. The van der Waals surface area contributed by atoms with Crippen LogP contribution >= 0.6 is 0 Å². The Labute approximate surface area is 99.8 Å². The molecule has 0 saturated carbocycles. The standard InChI is InChI=1S/C13H18F3N/c1-2-3-4-5-10-6-8-11(9-7-10)12(17)13(14,15)16/h6-9,12H,2-5,17H2,1H3. The molecule has 4 heteroatoms. The van der Waals surface area contributed by atoms with Gasteiger partial charge < -0.3 is 5.73 Å². The average Bonchev–Trinajstić information content (AvgIpc) is 2.28. The lowest BCUT2D eigenvalue weighted by molar-refractivity contribution is -0.149. The van der Waals surface area contributed by atoms with Crippen LogP contribution in [0.2, 0.25) is 0 Å². The second-order valence-electron chi connectivity index (χ2n) is 4.22. The first kappa shape index (κ1) is 14.0. The van der Waals surface area contributed by atoms with Crippen molar-refractivity contribution in [3.05, 3.63) is 35.4 Å². The topological polar surface area (TPSA) is 26.0 Å². The highest BCUT2D eigenvalue weighted by atomic mass is 19.4. The minimum absolute atomic E-state index is 0.122. The zero-order valence-corrected chi connectivity index (χ0v) is 9.93. The molecule has 0 fully saturated rings. The van der Waals surface area contributed by atoms with Gasteiger partial charge in [-0.3, -0.25) is 0 Å². The average molecular weight is 245 g/mol. The molecule has 1 aromatic carbocycles. The molecule has 1 atom stereocenters. The Balaban J connectivity index is 2.61. The highest BCUT2D eigenvalue weighted by molar-refractivity contribution is 5.25. The van der Waals surface area contributed by atoms with E-state index in [4.69, 9.17) is 5.73 Å². The summed E-state index contributed by atoms with van der Waals surface area (Å²) in [7, 11) is 0. The molecule has 0 spiro atoms. The number of hydrogen-bond acceptors (Lipinski definition) is 1. The minimum Gasteiger partial charge on any atom is -0.316 e. The summed E-state index contributed by atoms with van der Waals surface area (Å²) >= 11 is 0. The second kappa shape index (κ2) is 6.05. The molecule has 0 aromatic heterocycles. The van der Waals surface area contributed by atoms with Gasteiger partial charge in [0.25, 0.3) is 0 Å². The minimum atomic E-state index is -4.37. The Morgan fingerprint density at radius 3 is 2.18 bits per heavy atom. The van der Waals surface area contributed by atoms with Crippen molar-refractivity contribution in [3.8, 4) is 0 Å². The molecule has 1 aromatic rings. The predicted octanol–water partition coefficient (Wildman–Crippen LogP) is 3.98. The molecule has 1 rings (SSSR count). The fraction of sp³-hybridized carbons (Fsp3) is 0.538. The van der Waals surface area contributed by atoms with Gasteiger partial charge in [-0.1, -0.05) is 44.0 Å². The Bertz CT molecular complexity index is 330. The zero-order valence-electron chi connectivity index (χ0n) is 9.93. The third-order valence-electron chi connectivity index (χ3n) is 2.76. The van der Waals surface area contributed by atoms with Crippen molar-refractivity contribution in [2.24, 2.45) is 5.73 Å². The largest absolute Gasteiger partial charge is 0.407 e. The summed E-state index contributed by atoms with van der Waals surface area (Å²) in [5, 5.41) is 0. The number of unbranched alkanes of at least 4 members (excludes halogenated alkanes) is 2. The third kappa shape index (κ3) is 4.38. The molecule has 96 valence electrons. The van der Waals surface area contributed by atoms with Crippen molar-refractivity contribution in [3.63, 3.8) is 0 Å². The lowest BCUT2D eigenvalue weighted by atomic mass is 10.0. The van der Waals surface area contributed by atoms with Crippen molar-refractivity contribution in [1.82, 2.24) is 0 Å². The van der Waals surface area contributed by atoms with Gasteiger partial charge in [0.15, 0.2) is 0 Å². The number of benzene rings is 1. The molecule has 0 bridgehead atoms. The first-order valence-electron chi connectivity index (χ1n) is 5.86. The highest BCUT2D eigenvalue weighted by Gasteiger charge is 2.37. The molecule has 1 nitrogen and oxygen atoms in total. The van der Waals surface area contributed by atoms with Gasteiger partial charge in [0.1, 0.15) is 6.04 Å². The number of hydrogen-bond donors (Lipinski definition) is 1. The van der Waals surface area contributed by atoms with E-state index in [9.17, 15) is 13.2 Å². The van der Waals surface area contributed by atoms with E-state index in [0.29, 0.717) is 0 Å². The van der Waals surface area contributed by atoms with Crippen LogP contribution in [0.15, 0.2) is 24.3 Å². The van der Waals surface area contributed by atoms with Gasteiger partial charge in [0.2, 0.25) is 0 Å². The Morgan fingerprint density at radius 1 is 1.12 bits per heavy atom. The van der Waals surface area contributed by atoms with Gasteiger partial charge >= 0.3 is 6.18 Å². The maximum absolute atomic E-state index is 12.4. The van der Waals surface area contributed by atoms with E-state index in [1.165, 1.54) is 12.1 Å². The van der Waals surface area contributed by atoms with E-state index in [1.54, 1.807) is 12.1 Å². The molecular weight excluding hydrogens is 227 g/mol. The Hall–Kier alpha value is -1.03. The first-order chi connectivity index (χ1) is 7.95. The summed E-state index contributed by atoms with van der Waals surface area (Å²) in [5.41, 5.74) is 6.31. The quantitative estimate of drug-likeness (QED) is 0.780. The SMILES string of the molecule is CCCCCc1ccc(C(N)C(F)(F)F)cc1. The van der Waals surface area contributed by atoms with E-state index in [-0.39, 0.29) is 5.56 Å². The molecule has 0 aliphatic carbocycles. The predicted molar refractivity (Wildman–Crippen MR) is 62.7 cm³/mol. The van der Waals surface area contributed by atoms with Gasteiger partial charge in [0.05, 0.1) is 0 Å². The molecule has 2 N–H and O–H groups in total. The summed E-state index contributed by atoms with van der Waals surface area (Å²) in [5.74, 6) is 0. The van der Waals surface area contributed by atoms with Crippen molar-refractivity contribution < 1.29 is 13.2 Å². The number of rotatable bonds is 5. The van der Waals surface area contributed by atoms with Gasteiger partial charge in [-0.15, -0.1) is 0 Å². The Kier molecular flexibility index (Phi) is 5.00. The van der Waals surface area contributed by atoms with Crippen LogP contribution in [0.5, 0.6) is 0 Å². The molecule has 0 aliphatic rings. The maximum atomic E-state index is 12.4. The summed E-state index contributed by atoms with van der Waals surface area (Å²) in [6.45, 7) is 2.12. The Morgan fingerprint density at radius 2 is 1.71 bits per heavy atom. The van der Waals surface area contributed by atoms with Crippen molar-refractivity contribution in [1.29, 1.82) is 0 Å². The van der Waals surface area contributed by atoms with Crippen LogP contribution in [-0.4, -0.2) is 6.18 Å². The van der Waals surface area contributed by atoms with E-state index >= 15 is 0 Å². The summed E-state index contributed by atoms with van der Waals surface area (Å²) in [6.07, 6.45) is -0.110. The van der Waals surface area contributed by atoms with Crippen LogP contribution in [0, 0.1) is 0 Å². The van der Waals surface area contributed by atoms with Crippen molar-refractivity contribution in [2.45, 2.75) is 44.8 Å². The van der Waals surface area contributed by atoms with E-state index < -0.39 is 12.2 Å². The van der Waals surface area contributed by atoms with Gasteiger partial charge in [-0.25, -0.2) is 0 Å². The molecule has 17 heavy (non-hydrogen) atoms. The lowest BCUT2D eigenvalue weighted by Gasteiger charge is -2.16. The third-order valence-corrected chi connectivity index (χ3v) is 2.76. The van der Waals surface area contributed by atoms with Crippen LogP contribution < -0.4 is 5.73 Å². The summed E-state index contributed by atoms with van der Waals surface area (Å²) < 4.78 is 37.1. The summed E-state index contributed by atoms with van der Waals surface area (Å²) in [4.78, 5) is 0. The lowest BCUT2D eigenvalue weighted by Crippen LogP contribution is -2.28. The van der Waals surface area contributed by atoms with Crippen LogP contribution in [0.4, 0.5) is 13.2 Å². The van der Waals surface area contributed by atoms with Crippen molar-refractivity contribution in [2.75, 3.05) is 0 Å². The van der Waals surface area contributed by atoms with Crippen LogP contribution in [-0.2, 0) is 6.42 Å². The normalized spacial score (nSPS) is 13.7. The molecule has 0 saturated heterocycles. The number of nitrogens with two attached hydrogens (primary N) is 1. The van der Waals surface area contributed by atoms with Crippen LogP contribution in [0.3, 0.4) is 0 Å². The highest BCUT2D eigenvalue weighted by Crippen LogP contribution is 2.30. The second-order valence-corrected chi connectivity index (χ2v) is 4.22. The summed E-state index contributed by atoms with van der Waals surface area (Å²) in [6, 6.07) is 4.53. The molecular formula is C13H18F3N. The molecule has 0 radical (unpaired) electrons. The number of halogens is 3. The van der Waals surface area contributed by atoms with E-state index in [1.807, 2.05) is 0 Å². The van der Waals surface area contributed by atoms with Gasteiger partial charge in [-0.05, 0) is 24.0 Å². The van der Waals surface area contributed by atoms with E-state index in [0.717, 1.165) is 31.2 Å². The maximum Gasteiger partial charge on any atom is 0.407 e. The van der Waals surface area contributed by atoms with E-state index in [2.05, 4.69) is 6.92 Å². The number of aryl methyl sites for hydroxylation is 1. The smallest absolute Gasteiger partial charge is 0.316 e. The first-order valence-corrected chi connectivity index (χ1v) is 5.86. The number of alkyl halides is 3. The molecule has 0 aliphatic heterocycles. The fourth-order valence-electron chi connectivity index (χ4n) is 1.66. The zero-order chi connectivity index (χ0) is 12.9. The van der Waals surface area contributed by atoms with Crippen LogP contribution in [0.25, 0.3) is 0 Å².